The van der Waals surface area contributed by atoms with Crippen LogP contribution in [-0.4, -0.2) is 97.7 Å². The number of hydrogen-bond donors (Lipinski definition) is 9. The molecule has 0 amide bonds. The molecule has 0 rings (SSSR count). The van der Waals surface area contributed by atoms with Gasteiger partial charge in [-0.05, 0) is 12.8 Å². The molecule has 11 N–H and O–H groups in total. The maximum atomic E-state index is 10.2. The van der Waals surface area contributed by atoms with Crippen molar-refractivity contribution in [1.29, 1.82) is 0 Å². The first-order valence-corrected chi connectivity index (χ1v) is 6.77. The van der Waals surface area contributed by atoms with Crippen molar-refractivity contribution in [3.05, 3.63) is 0 Å². The van der Waals surface area contributed by atoms with Gasteiger partial charge in [0.25, 0.3) is 0 Å². The maximum absolute atomic E-state index is 10.2. The summed E-state index contributed by atoms with van der Waals surface area (Å²) in [6, 6.07) is -0.892. The Balaban J connectivity index is 0. The molecule has 23 heavy (non-hydrogen) atoms. The van der Waals surface area contributed by atoms with Crippen molar-refractivity contribution in [3.8, 4) is 0 Å². The van der Waals surface area contributed by atoms with Crippen molar-refractivity contribution < 1.29 is 45.3 Å². The summed E-state index contributed by atoms with van der Waals surface area (Å²) in [4.78, 5) is 20.1. The largest absolute Gasteiger partial charge is 0.480 e. The Labute approximate surface area is 132 Å². The van der Waals surface area contributed by atoms with Crippen LogP contribution < -0.4 is 11.5 Å². The van der Waals surface area contributed by atoms with Gasteiger partial charge in [-0.3, -0.25) is 4.79 Å². The molecule has 0 aliphatic heterocycles. The second kappa shape index (κ2) is 13.3. The lowest BCUT2D eigenvalue weighted by atomic mass is 10.0. The van der Waals surface area contributed by atoms with E-state index in [1.165, 1.54) is 0 Å². The first kappa shape index (κ1) is 24.1. The van der Waals surface area contributed by atoms with Crippen molar-refractivity contribution in [2.45, 2.75) is 49.4 Å². The van der Waals surface area contributed by atoms with E-state index in [1.54, 1.807) is 0 Å². The van der Waals surface area contributed by atoms with Gasteiger partial charge < -0.3 is 52.0 Å². The summed E-state index contributed by atoms with van der Waals surface area (Å²) in [5.41, 5.74) is 10.3. The number of aliphatic carboxylic acids is 1. The number of rotatable bonds is 10. The molecule has 6 atom stereocenters. The van der Waals surface area contributed by atoms with Crippen molar-refractivity contribution in [2.24, 2.45) is 11.5 Å². The van der Waals surface area contributed by atoms with Crippen LogP contribution in [0, 0.1) is 0 Å². The molecule has 0 bridgehead atoms. The van der Waals surface area contributed by atoms with E-state index in [4.69, 9.17) is 47.2 Å². The summed E-state index contributed by atoms with van der Waals surface area (Å²) in [6.07, 6.45) is -6.88. The first-order chi connectivity index (χ1) is 10.6. The zero-order chi connectivity index (χ0) is 18.6. The fourth-order valence-corrected chi connectivity index (χ4v) is 1.23. The number of aldehydes is 1. The van der Waals surface area contributed by atoms with E-state index < -0.39 is 49.1 Å². The Morgan fingerprint density at radius 3 is 1.91 bits per heavy atom. The molecule has 0 fully saturated rings. The highest BCUT2D eigenvalue weighted by molar-refractivity contribution is 5.72. The highest BCUT2D eigenvalue weighted by Crippen LogP contribution is 2.03. The molecule has 0 aromatic rings. The van der Waals surface area contributed by atoms with Gasteiger partial charge in [-0.1, -0.05) is 0 Å². The number of carbonyl (C=O) groups is 2. The maximum Gasteiger partial charge on any atom is 0.320 e. The number of carbonyl (C=O) groups excluding carboxylic acids is 1. The molecular weight excluding hydrogens is 316 g/mol. The molecule has 0 aromatic heterocycles. The smallest absolute Gasteiger partial charge is 0.320 e. The predicted octanol–water partition coefficient (Wildman–Crippen LogP) is -4.88. The minimum absolute atomic E-state index is 0.0258. The Kier molecular flexibility index (Phi) is 13.9. The van der Waals surface area contributed by atoms with Crippen molar-refractivity contribution in [2.75, 3.05) is 13.2 Å². The molecule has 0 radical (unpaired) electrons. The minimum Gasteiger partial charge on any atom is -0.480 e. The predicted molar refractivity (Wildman–Crippen MR) is 77.1 cm³/mol. The molecule has 0 aliphatic carbocycles. The normalized spacial score (nSPS) is 18.6. The second-order valence-corrected chi connectivity index (χ2v) is 4.77. The topological polar surface area (TPSA) is 228 Å². The highest BCUT2D eigenvalue weighted by Gasteiger charge is 2.29. The van der Waals surface area contributed by atoms with Crippen LogP contribution in [-0.2, 0) is 9.59 Å². The second-order valence-electron chi connectivity index (χ2n) is 4.77. The van der Waals surface area contributed by atoms with Crippen LogP contribution in [0.25, 0.3) is 0 Å². The summed E-state index contributed by atoms with van der Waals surface area (Å²) in [5.74, 6) is -1.05. The molecule has 0 saturated carbocycles. The Hall–Kier alpha value is -1.18. The molecular formula is C12H26N2O9. The standard InChI is InChI=1S/C6H14N2O3.C6H12O6/c7-3-4(9)1-2-5(8)6(10)11;7-1-3(9)5(11)6(12)4(10)2-8/h4-5,9H,1-3,7-8H2,(H,10,11);1,3-6,8-12H,2H2/t4-,5+;3-,4+,5+,6-/m10/s1. The van der Waals surface area contributed by atoms with E-state index in [0.717, 1.165) is 0 Å². The average molecular weight is 342 g/mol. The van der Waals surface area contributed by atoms with Crippen LogP contribution in [0.1, 0.15) is 12.8 Å². The van der Waals surface area contributed by atoms with Crippen molar-refractivity contribution in [1.82, 2.24) is 0 Å². The van der Waals surface area contributed by atoms with Crippen LogP contribution in [0.15, 0.2) is 0 Å². The van der Waals surface area contributed by atoms with Gasteiger partial charge in [0.15, 0.2) is 6.29 Å². The van der Waals surface area contributed by atoms with Crippen LogP contribution in [0.5, 0.6) is 0 Å². The average Bonchev–Trinajstić information content (AvgIpc) is 2.56. The zero-order valence-electron chi connectivity index (χ0n) is 12.5. The number of aliphatic hydroxyl groups excluding tert-OH is 6. The fraction of sp³-hybridized carbons (Fsp3) is 0.833. The van der Waals surface area contributed by atoms with Gasteiger partial charge in [0.2, 0.25) is 0 Å². The van der Waals surface area contributed by atoms with Crippen LogP contribution in [0.3, 0.4) is 0 Å². The molecule has 138 valence electrons. The summed E-state index contributed by atoms with van der Waals surface area (Å²) in [7, 11) is 0. The van der Waals surface area contributed by atoms with Gasteiger partial charge in [0, 0.05) is 6.54 Å². The lowest BCUT2D eigenvalue weighted by Crippen LogP contribution is -2.46. The first-order valence-electron chi connectivity index (χ1n) is 6.77. The fourth-order valence-electron chi connectivity index (χ4n) is 1.23. The highest BCUT2D eigenvalue weighted by atomic mass is 16.4. The molecule has 0 aromatic carbocycles. The van der Waals surface area contributed by atoms with Crippen LogP contribution in [0.4, 0.5) is 0 Å². The number of hydrogen-bond acceptors (Lipinski definition) is 10. The molecule has 11 heteroatoms. The van der Waals surface area contributed by atoms with E-state index in [2.05, 4.69) is 0 Å². The Bertz CT molecular complexity index is 332. The molecule has 0 heterocycles. The zero-order valence-corrected chi connectivity index (χ0v) is 12.5. The number of carboxylic acid groups (broad SMARTS) is 1. The number of nitrogens with two attached hydrogens (primary N) is 2. The SMILES string of the molecule is NC[C@H](O)CC[C@H](N)C(=O)O.O=C[C@H](O)[C@@H](O)[C@@H](O)[C@H](O)CO. The summed E-state index contributed by atoms with van der Waals surface area (Å²) in [6.45, 7) is -0.615. The third-order valence-corrected chi connectivity index (χ3v) is 2.82. The third kappa shape index (κ3) is 11.1. The van der Waals surface area contributed by atoms with Gasteiger partial charge >= 0.3 is 5.97 Å². The Morgan fingerprint density at radius 1 is 1.04 bits per heavy atom. The Morgan fingerprint density at radius 2 is 1.57 bits per heavy atom. The van der Waals surface area contributed by atoms with Crippen molar-refractivity contribution >= 4 is 12.3 Å². The van der Waals surface area contributed by atoms with E-state index in [-0.39, 0.29) is 19.3 Å². The molecule has 0 saturated heterocycles. The van der Waals surface area contributed by atoms with Crippen LogP contribution in [0.2, 0.25) is 0 Å². The lowest BCUT2D eigenvalue weighted by molar-refractivity contribution is -0.138. The third-order valence-electron chi connectivity index (χ3n) is 2.82. The lowest BCUT2D eigenvalue weighted by Gasteiger charge is -2.22. The van der Waals surface area contributed by atoms with Gasteiger partial charge in [0.1, 0.15) is 30.5 Å². The quantitative estimate of drug-likeness (QED) is 0.171. The molecule has 11 nitrogen and oxygen atoms in total. The molecule has 0 unspecified atom stereocenters. The van der Waals surface area contributed by atoms with Crippen LogP contribution >= 0.6 is 0 Å². The van der Waals surface area contributed by atoms with E-state index >= 15 is 0 Å². The summed E-state index contributed by atoms with van der Waals surface area (Å²) >= 11 is 0. The van der Waals surface area contributed by atoms with Gasteiger partial charge in [-0.15, -0.1) is 0 Å². The number of carboxylic acids is 1. The summed E-state index contributed by atoms with van der Waals surface area (Å²) < 4.78 is 0. The monoisotopic (exact) mass is 342 g/mol. The number of aliphatic hydroxyl groups is 6. The minimum atomic E-state index is -1.79. The van der Waals surface area contributed by atoms with Crippen molar-refractivity contribution in [3.63, 3.8) is 0 Å². The molecule has 0 spiro atoms. The van der Waals surface area contributed by atoms with Gasteiger partial charge in [-0.2, -0.15) is 0 Å². The van der Waals surface area contributed by atoms with Gasteiger partial charge in [-0.25, -0.2) is 0 Å². The van der Waals surface area contributed by atoms with E-state index in [1.807, 2.05) is 0 Å². The van der Waals surface area contributed by atoms with E-state index in [0.29, 0.717) is 6.42 Å². The van der Waals surface area contributed by atoms with Gasteiger partial charge in [0.05, 0.1) is 12.7 Å². The van der Waals surface area contributed by atoms with E-state index in [9.17, 15) is 9.59 Å². The summed E-state index contributed by atoms with van der Waals surface area (Å²) in [5, 5.41) is 60.8. The molecule has 0 aliphatic rings.